The molecule has 8 heteroatoms. The molecule has 3 heterocycles. The number of pyridine rings is 1. The summed E-state index contributed by atoms with van der Waals surface area (Å²) in [6, 6.07) is 19.7. The summed E-state index contributed by atoms with van der Waals surface area (Å²) >= 11 is 1.49. The summed E-state index contributed by atoms with van der Waals surface area (Å²) in [5, 5.41) is 10.2. The van der Waals surface area contributed by atoms with Crippen molar-refractivity contribution in [1.82, 2.24) is 29.7 Å². The van der Waals surface area contributed by atoms with E-state index in [0.717, 1.165) is 33.2 Å². The Labute approximate surface area is 188 Å². The summed E-state index contributed by atoms with van der Waals surface area (Å²) in [5.41, 5.74) is 3.62. The van der Waals surface area contributed by atoms with Gasteiger partial charge in [-0.05, 0) is 36.2 Å². The van der Waals surface area contributed by atoms with Gasteiger partial charge in [-0.3, -0.25) is 14.3 Å². The zero-order valence-electron chi connectivity index (χ0n) is 17.4. The van der Waals surface area contributed by atoms with Gasteiger partial charge in [-0.15, -0.1) is 10.2 Å². The fourth-order valence-corrected chi connectivity index (χ4v) is 4.37. The van der Waals surface area contributed by atoms with Crippen LogP contribution in [0, 0.1) is 6.92 Å². The van der Waals surface area contributed by atoms with E-state index in [2.05, 4.69) is 41.8 Å². The van der Waals surface area contributed by atoms with Crippen LogP contribution in [0.5, 0.6) is 0 Å². The molecule has 0 aliphatic rings. The van der Waals surface area contributed by atoms with Crippen LogP contribution in [0.2, 0.25) is 0 Å². The highest BCUT2D eigenvalue weighted by molar-refractivity contribution is 7.98. The Balaban J connectivity index is 1.49. The maximum atomic E-state index is 12.5. The molecule has 3 aromatic heterocycles. The largest absolute Gasteiger partial charge is 0.309 e. The predicted octanol–water partition coefficient (Wildman–Crippen LogP) is 4.23. The number of nitrogens with zero attached hydrogens (tertiary/aromatic N) is 5. The minimum Gasteiger partial charge on any atom is -0.309 e. The van der Waals surface area contributed by atoms with Crippen molar-refractivity contribution in [2.45, 2.75) is 24.4 Å². The molecular formula is C24H20N6OS. The van der Waals surface area contributed by atoms with E-state index >= 15 is 0 Å². The maximum absolute atomic E-state index is 12.5. The Kier molecular flexibility index (Phi) is 5.51. The molecule has 0 fully saturated rings. The van der Waals surface area contributed by atoms with Crippen LogP contribution in [-0.4, -0.2) is 29.7 Å². The number of para-hydroxylation sites is 1. The first-order valence-electron chi connectivity index (χ1n) is 10.2. The monoisotopic (exact) mass is 440 g/mol. The summed E-state index contributed by atoms with van der Waals surface area (Å²) in [5.74, 6) is 1.83. The third-order valence-corrected chi connectivity index (χ3v) is 6.12. The molecule has 7 nitrogen and oxygen atoms in total. The Morgan fingerprint density at radius 3 is 2.69 bits per heavy atom. The molecular weight excluding hydrogens is 420 g/mol. The third-order valence-electron chi connectivity index (χ3n) is 5.15. The van der Waals surface area contributed by atoms with Crippen molar-refractivity contribution in [3.8, 4) is 11.4 Å². The van der Waals surface area contributed by atoms with Gasteiger partial charge >= 0.3 is 0 Å². The SMILES string of the molecule is Cc1cccc2c(=O)[nH]c(CSc3nnc(-c4cccnc4)n3Cc3ccccc3)nc12. The number of fused-ring (bicyclic) bond motifs is 1. The maximum Gasteiger partial charge on any atom is 0.258 e. The molecule has 0 saturated heterocycles. The summed E-state index contributed by atoms with van der Waals surface area (Å²) < 4.78 is 2.07. The second-order valence-corrected chi connectivity index (χ2v) is 8.33. The van der Waals surface area contributed by atoms with E-state index in [1.54, 1.807) is 18.5 Å². The van der Waals surface area contributed by atoms with Crippen LogP contribution in [0.1, 0.15) is 17.0 Å². The van der Waals surface area contributed by atoms with Gasteiger partial charge in [0, 0.05) is 18.0 Å². The molecule has 0 saturated carbocycles. The molecule has 0 bridgehead atoms. The lowest BCUT2D eigenvalue weighted by atomic mass is 10.1. The highest BCUT2D eigenvalue weighted by atomic mass is 32.2. The Morgan fingerprint density at radius 2 is 1.88 bits per heavy atom. The van der Waals surface area contributed by atoms with Crippen LogP contribution >= 0.6 is 11.8 Å². The van der Waals surface area contributed by atoms with Crippen LogP contribution in [0.15, 0.2) is 83.0 Å². The van der Waals surface area contributed by atoms with E-state index in [0.29, 0.717) is 23.5 Å². The van der Waals surface area contributed by atoms with Crippen molar-refractivity contribution in [1.29, 1.82) is 0 Å². The summed E-state index contributed by atoms with van der Waals surface area (Å²) in [4.78, 5) is 24.3. The van der Waals surface area contributed by atoms with Crippen molar-refractivity contribution >= 4 is 22.7 Å². The lowest BCUT2D eigenvalue weighted by Gasteiger charge is -2.10. The minimum atomic E-state index is -0.129. The first kappa shape index (κ1) is 20.1. The topological polar surface area (TPSA) is 89.4 Å². The van der Waals surface area contributed by atoms with Crippen LogP contribution in [0.25, 0.3) is 22.3 Å². The van der Waals surface area contributed by atoms with E-state index in [1.165, 1.54) is 11.8 Å². The number of aromatic nitrogens is 6. The summed E-state index contributed by atoms with van der Waals surface area (Å²) in [6.07, 6.45) is 3.52. The molecule has 0 aliphatic carbocycles. The molecule has 0 unspecified atom stereocenters. The number of thioether (sulfide) groups is 1. The van der Waals surface area contributed by atoms with Crippen LogP contribution in [-0.2, 0) is 12.3 Å². The van der Waals surface area contributed by atoms with Gasteiger partial charge in [-0.1, -0.05) is 54.2 Å². The highest BCUT2D eigenvalue weighted by Gasteiger charge is 2.16. The second-order valence-electron chi connectivity index (χ2n) is 7.39. The molecule has 158 valence electrons. The highest BCUT2D eigenvalue weighted by Crippen LogP contribution is 2.26. The van der Waals surface area contributed by atoms with Gasteiger partial charge in [-0.25, -0.2) is 4.98 Å². The van der Waals surface area contributed by atoms with Gasteiger partial charge in [0.1, 0.15) is 5.82 Å². The van der Waals surface area contributed by atoms with Crippen molar-refractivity contribution in [2.24, 2.45) is 0 Å². The Morgan fingerprint density at radius 1 is 1.00 bits per heavy atom. The number of nitrogens with one attached hydrogen (secondary N) is 1. The van der Waals surface area contributed by atoms with E-state index in [-0.39, 0.29) is 5.56 Å². The number of hydrogen-bond donors (Lipinski definition) is 1. The number of hydrogen-bond acceptors (Lipinski definition) is 6. The van der Waals surface area contributed by atoms with Gasteiger partial charge in [0.15, 0.2) is 11.0 Å². The smallest absolute Gasteiger partial charge is 0.258 e. The van der Waals surface area contributed by atoms with E-state index < -0.39 is 0 Å². The standard InChI is InChI=1S/C24H20N6OS/c1-16-7-5-11-19-21(16)26-20(27-23(19)31)15-32-24-29-28-22(18-10-6-12-25-13-18)30(24)14-17-8-3-2-4-9-17/h2-13H,14-15H2,1H3,(H,26,27,31). The molecule has 2 aromatic carbocycles. The molecule has 32 heavy (non-hydrogen) atoms. The zero-order valence-corrected chi connectivity index (χ0v) is 18.2. The number of rotatable bonds is 6. The molecule has 0 spiro atoms. The van der Waals surface area contributed by atoms with Crippen molar-refractivity contribution in [3.05, 3.63) is 100 Å². The van der Waals surface area contributed by atoms with Gasteiger partial charge in [0.05, 0.1) is 23.2 Å². The van der Waals surface area contributed by atoms with E-state index in [4.69, 9.17) is 0 Å². The third kappa shape index (κ3) is 4.04. The number of aryl methyl sites for hydroxylation is 1. The number of benzene rings is 2. The van der Waals surface area contributed by atoms with Crippen molar-refractivity contribution in [2.75, 3.05) is 0 Å². The quantitative estimate of drug-likeness (QED) is 0.398. The van der Waals surface area contributed by atoms with Crippen LogP contribution in [0.4, 0.5) is 0 Å². The fraction of sp³-hybridized carbons (Fsp3) is 0.125. The lowest BCUT2D eigenvalue weighted by molar-refractivity contribution is 0.714. The van der Waals surface area contributed by atoms with Crippen molar-refractivity contribution in [3.63, 3.8) is 0 Å². The van der Waals surface area contributed by atoms with Crippen LogP contribution in [0.3, 0.4) is 0 Å². The molecule has 0 amide bonds. The lowest BCUT2D eigenvalue weighted by Crippen LogP contribution is -2.12. The first-order valence-corrected chi connectivity index (χ1v) is 11.2. The van der Waals surface area contributed by atoms with E-state index in [1.807, 2.05) is 49.4 Å². The van der Waals surface area contributed by atoms with Gasteiger partial charge < -0.3 is 4.98 Å². The molecule has 5 aromatic rings. The number of H-pyrrole nitrogens is 1. The molecule has 0 atom stereocenters. The molecule has 0 radical (unpaired) electrons. The average Bonchev–Trinajstić information content (AvgIpc) is 3.22. The van der Waals surface area contributed by atoms with E-state index in [9.17, 15) is 4.79 Å². The Hall–Kier alpha value is -3.78. The van der Waals surface area contributed by atoms with Gasteiger partial charge in [0.25, 0.3) is 5.56 Å². The minimum absolute atomic E-state index is 0.129. The fourth-order valence-electron chi connectivity index (χ4n) is 3.57. The normalized spacial score (nSPS) is 11.2. The molecule has 0 aliphatic heterocycles. The zero-order chi connectivity index (χ0) is 21.9. The van der Waals surface area contributed by atoms with Gasteiger partial charge in [-0.2, -0.15) is 0 Å². The predicted molar refractivity (Wildman–Crippen MR) is 125 cm³/mol. The second kappa shape index (κ2) is 8.76. The average molecular weight is 441 g/mol. The summed E-state index contributed by atoms with van der Waals surface area (Å²) in [6.45, 7) is 2.59. The molecule has 1 N–H and O–H groups in total. The molecule has 5 rings (SSSR count). The van der Waals surface area contributed by atoms with Crippen LogP contribution < -0.4 is 5.56 Å². The van der Waals surface area contributed by atoms with Crippen molar-refractivity contribution < 1.29 is 0 Å². The Bertz CT molecular complexity index is 1430. The summed E-state index contributed by atoms with van der Waals surface area (Å²) in [7, 11) is 0. The first-order chi connectivity index (χ1) is 15.7. The number of aromatic amines is 1. The van der Waals surface area contributed by atoms with Gasteiger partial charge in [0.2, 0.25) is 0 Å².